The highest BCUT2D eigenvalue weighted by Gasteiger charge is 2.03. The van der Waals surface area contributed by atoms with Gasteiger partial charge in [0.25, 0.3) is 0 Å². The van der Waals surface area contributed by atoms with Gasteiger partial charge in [0.2, 0.25) is 5.91 Å². The van der Waals surface area contributed by atoms with Crippen LogP contribution in [-0.4, -0.2) is 51.8 Å². The van der Waals surface area contributed by atoms with Crippen molar-refractivity contribution < 1.29 is 14.3 Å². The first-order chi connectivity index (χ1) is 12.7. The molecule has 0 aromatic heterocycles. The average molecular weight is 364 g/mol. The molecule has 26 heavy (non-hydrogen) atoms. The second kappa shape index (κ2) is 13.9. The first-order valence-corrected chi connectivity index (χ1v) is 9.19. The fourth-order valence-corrected chi connectivity index (χ4v) is 2.09. The van der Waals surface area contributed by atoms with Gasteiger partial charge >= 0.3 is 0 Å². The first-order valence-electron chi connectivity index (χ1n) is 9.19. The Kier molecular flexibility index (Phi) is 11.7. The molecule has 7 nitrogen and oxygen atoms in total. The smallest absolute Gasteiger partial charge is 0.239 e. The Morgan fingerprint density at radius 2 is 1.85 bits per heavy atom. The maximum atomic E-state index is 11.8. The minimum atomic E-state index is -0.0416. The molecule has 1 aromatic carbocycles. The fraction of sp³-hybridized carbons (Fsp3) is 0.579. The molecule has 0 atom stereocenters. The highest BCUT2D eigenvalue weighted by atomic mass is 16.5. The van der Waals surface area contributed by atoms with Gasteiger partial charge in [0.15, 0.2) is 5.96 Å². The monoisotopic (exact) mass is 364 g/mol. The summed E-state index contributed by atoms with van der Waals surface area (Å²) >= 11 is 0. The molecule has 0 heterocycles. The van der Waals surface area contributed by atoms with E-state index in [1.54, 1.807) is 7.11 Å². The number of nitrogens with one attached hydrogen (secondary N) is 3. The number of carbonyl (C=O) groups excluding carboxylic acids is 1. The largest absolute Gasteiger partial charge is 0.497 e. The third-order valence-corrected chi connectivity index (χ3v) is 3.53. The van der Waals surface area contributed by atoms with Crippen LogP contribution in [-0.2, 0) is 16.1 Å². The molecule has 0 spiro atoms. The predicted octanol–water partition coefficient (Wildman–Crippen LogP) is 1.68. The Hall–Kier alpha value is -2.28. The number of ether oxygens (including phenoxy) is 2. The van der Waals surface area contributed by atoms with Crippen molar-refractivity contribution in [2.75, 3.05) is 40.0 Å². The molecular formula is C19H32N4O3. The molecule has 3 N–H and O–H groups in total. The minimum absolute atomic E-state index is 0.0416. The summed E-state index contributed by atoms with van der Waals surface area (Å²) in [5.74, 6) is 1.39. The van der Waals surface area contributed by atoms with Crippen LogP contribution in [0.4, 0.5) is 0 Å². The Morgan fingerprint density at radius 1 is 1.08 bits per heavy atom. The first kappa shape index (κ1) is 21.8. The maximum Gasteiger partial charge on any atom is 0.239 e. The van der Waals surface area contributed by atoms with Crippen molar-refractivity contribution in [1.82, 2.24) is 16.0 Å². The number of carbonyl (C=O) groups is 1. The van der Waals surface area contributed by atoms with Crippen LogP contribution in [0, 0.1) is 0 Å². The van der Waals surface area contributed by atoms with Gasteiger partial charge in [0, 0.05) is 26.3 Å². The number of methoxy groups -OCH3 is 1. The number of amides is 1. The number of aliphatic imine (C=N–C) groups is 1. The van der Waals surface area contributed by atoms with E-state index in [9.17, 15) is 4.79 Å². The molecule has 0 aliphatic rings. The highest BCUT2D eigenvalue weighted by molar-refractivity contribution is 5.86. The van der Waals surface area contributed by atoms with Crippen molar-refractivity contribution in [2.24, 2.45) is 4.99 Å². The molecule has 0 aliphatic heterocycles. The van der Waals surface area contributed by atoms with E-state index in [1.165, 1.54) is 0 Å². The number of hydrogen-bond acceptors (Lipinski definition) is 4. The van der Waals surface area contributed by atoms with Crippen molar-refractivity contribution >= 4 is 11.9 Å². The molecule has 1 amide bonds. The van der Waals surface area contributed by atoms with Crippen LogP contribution in [0.2, 0.25) is 0 Å². The Bertz CT molecular complexity index is 532. The van der Waals surface area contributed by atoms with E-state index >= 15 is 0 Å². The summed E-state index contributed by atoms with van der Waals surface area (Å²) in [7, 11) is 1.64. The predicted molar refractivity (Wildman–Crippen MR) is 105 cm³/mol. The zero-order valence-corrected chi connectivity index (χ0v) is 16.1. The lowest BCUT2D eigenvalue weighted by Gasteiger charge is -2.13. The minimum Gasteiger partial charge on any atom is -0.497 e. The quantitative estimate of drug-likeness (QED) is 0.299. The molecule has 1 aromatic rings. The van der Waals surface area contributed by atoms with Gasteiger partial charge < -0.3 is 25.4 Å². The van der Waals surface area contributed by atoms with Crippen molar-refractivity contribution in [3.05, 3.63) is 29.8 Å². The second-order valence-electron chi connectivity index (χ2n) is 5.69. The summed E-state index contributed by atoms with van der Waals surface area (Å²) in [6.07, 6.45) is 1.79. The molecule has 0 radical (unpaired) electrons. The van der Waals surface area contributed by atoms with Crippen molar-refractivity contribution in [2.45, 2.75) is 33.2 Å². The lowest BCUT2D eigenvalue weighted by Crippen LogP contribution is -2.43. The number of hydrogen-bond donors (Lipinski definition) is 3. The van der Waals surface area contributed by atoms with Crippen LogP contribution in [0.3, 0.4) is 0 Å². The summed E-state index contributed by atoms with van der Waals surface area (Å²) < 4.78 is 10.5. The average Bonchev–Trinajstić information content (AvgIpc) is 2.68. The normalized spacial score (nSPS) is 11.1. The molecule has 0 bridgehead atoms. The van der Waals surface area contributed by atoms with Gasteiger partial charge in [-0.1, -0.05) is 19.1 Å². The summed E-state index contributed by atoms with van der Waals surface area (Å²) in [6.45, 7) is 7.54. The van der Waals surface area contributed by atoms with Crippen LogP contribution >= 0.6 is 0 Å². The lowest BCUT2D eigenvalue weighted by molar-refractivity contribution is -0.120. The summed E-state index contributed by atoms with van der Waals surface area (Å²) in [5.41, 5.74) is 1.07. The topological polar surface area (TPSA) is 84.0 Å². The molecular weight excluding hydrogens is 332 g/mol. The number of benzene rings is 1. The van der Waals surface area contributed by atoms with E-state index in [0.29, 0.717) is 32.3 Å². The van der Waals surface area contributed by atoms with Crippen LogP contribution in [0.25, 0.3) is 0 Å². The van der Waals surface area contributed by atoms with Gasteiger partial charge in [-0.15, -0.1) is 0 Å². The third-order valence-electron chi connectivity index (χ3n) is 3.53. The number of guanidine groups is 1. The summed E-state index contributed by atoms with van der Waals surface area (Å²) in [5, 5.41) is 9.15. The van der Waals surface area contributed by atoms with E-state index in [-0.39, 0.29) is 12.5 Å². The maximum absolute atomic E-state index is 11.8. The summed E-state index contributed by atoms with van der Waals surface area (Å²) in [6, 6.07) is 7.77. The Labute approximate surface area is 156 Å². The van der Waals surface area contributed by atoms with E-state index in [2.05, 4.69) is 20.9 Å². The molecule has 146 valence electrons. The Balaban J connectivity index is 2.54. The van der Waals surface area contributed by atoms with Gasteiger partial charge in [-0.25, -0.2) is 4.99 Å². The zero-order valence-electron chi connectivity index (χ0n) is 16.1. The lowest BCUT2D eigenvalue weighted by atomic mass is 10.2. The SMILES string of the molecule is CCCNC(=O)CNC(=NCc1ccc(OC)cc1)NCCCOCC. The summed E-state index contributed by atoms with van der Waals surface area (Å²) in [4.78, 5) is 16.3. The van der Waals surface area contributed by atoms with Gasteiger partial charge in [-0.3, -0.25) is 4.79 Å². The standard InChI is InChI=1S/C19H32N4O3/c1-4-11-20-18(24)15-23-19(21-12-6-13-26-5-2)22-14-16-7-9-17(25-3)10-8-16/h7-10H,4-6,11-15H2,1-3H3,(H,20,24)(H2,21,22,23). The second-order valence-corrected chi connectivity index (χ2v) is 5.69. The molecule has 0 fully saturated rings. The molecule has 7 heteroatoms. The molecule has 0 saturated carbocycles. The molecule has 0 unspecified atom stereocenters. The van der Waals surface area contributed by atoms with Crippen molar-refractivity contribution in [3.63, 3.8) is 0 Å². The van der Waals surface area contributed by atoms with Gasteiger partial charge in [0.1, 0.15) is 5.75 Å². The highest BCUT2D eigenvalue weighted by Crippen LogP contribution is 2.11. The fourth-order valence-electron chi connectivity index (χ4n) is 2.09. The van der Waals surface area contributed by atoms with E-state index in [4.69, 9.17) is 9.47 Å². The third kappa shape index (κ3) is 9.88. The van der Waals surface area contributed by atoms with Crippen LogP contribution in [0.5, 0.6) is 5.75 Å². The van der Waals surface area contributed by atoms with E-state index < -0.39 is 0 Å². The van der Waals surface area contributed by atoms with Crippen LogP contribution in [0.15, 0.2) is 29.3 Å². The zero-order chi connectivity index (χ0) is 19.0. The van der Waals surface area contributed by atoms with Crippen LogP contribution < -0.4 is 20.7 Å². The van der Waals surface area contributed by atoms with Crippen LogP contribution in [0.1, 0.15) is 32.3 Å². The molecule has 1 rings (SSSR count). The van der Waals surface area contributed by atoms with Gasteiger partial charge in [-0.05, 0) is 37.5 Å². The number of rotatable bonds is 12. The number of nitrogens with zero attached hydrogens (tertiary/aromatic N) is 1. The van der Waals surface area contributed by atoms with Gasteiger partial charge in [0.05, 0.1) is 20.2 Å². The molecule has 0 saturated heterocycles. The van der Waals surface area contributed by atoms with Gasteiger partial charge in [-0.2, -0.15) is 0 Å². The van der Waals surface area contributed by atoms with Crippen molar-refractivity contribution in [3.8, 4) is 5.75 Å². The van der Waals surface area contributed by atoms with E-state index in [1.807, 2.05) is 38.1 Å². The van der Waals surface area contributed by atoms with Crippen molar-refractivity contribution in [1.29, 1.82) is 0 Å². The molecule has 0 aliphatic carbocycles. The van der Waals surface area contributed by atoms with E-state index in [0.717, 1.165) is 30.7 Å². The Morgan fingerprint density at radius 3 is 2.50 bits per heavy atom.